The lowest BCUT2D eigenvalue weighted by Crippen LogP contribution is -2.45. The van der Waals surface area contributed by atoms with E-state index in [1.54, 1.807) is 24.3 Å². The van der Waals surface area contributed by atoms with Crippen LogP contribution in [0.4, 0.5) is 9.52 Å². The smallest absolute Gasteiger partial charge is 0.249 e. The van der Waals surface area contributed by atoms with Gasteiger partial charge in [-0.25, -0.2) is 4.39 Å². The number of hydrogen-bond donors (Lipinski definition) is 2. The molecule has 34 heavy (non-hydrogen) atoms. The minimum absolute atomic E-state index is 0.0262. The van der Waals surface area contributed by atoms with Crippen molar-refractivity contribution in [1.82, 2.24) is 15.5 Å². The maximum Gasteiger partial charge on any atom is 0.249 e. The monoisotopic (exact) mass is 494 g/mol. The van der Waals surface area contributed by atoms with Gasteiger partial charge in [-0.2, -0.15) is 0 Å². The third-order valence-electron chi connectivity index (χ3n) is 4.96. The van der Waals surface area contributed by atoms with E-state index in [-0.39, 0.29) is 18.1 Å². The number of carbonyl (C=O) groups excluding carboxylic acids is 2. The van der Waals surface area contributed by atoms with E-state index < -0.39 is 11.9 Å². The normalized spacial score (nSPS) is 11.6. The van der Waals surface area contributed by atoms with Gasteiger partial charge < -0.3 is 5.32 Å². The third kappa shape index (κ3) is 6.46. The molecule has 6 nitrogen and oxygen atoms in total. The van der Waals surface area contributed by atoms with Crippen LogP contribution in [0.1, 0.15) is 11.1 Å². The molecule has 0 fully saturated rings. The molecule has 0 saturated carbocycles. The maximum atomic E-state index is 13.1. The van der Waals surface area contributed by atoms with Crippen LogP contribution in [0, 0.1) is 5.82 Å². The van der Waals surface area contributed by atoms with Crippen LogP contribution in [-0.4, -0.2) is 28.1 Å². The number of amides is 2. The number of benzene rings is 3. The van der Waals surface area contributed by atoms with Gasteiger partial charge in [-0.15, -0.1) is 10.2 Å². The highest BCUT2D eigenvalue weighted by atomic mass is 35.5. The highest BCUT2D eigenvalue weighted by Crippen LogP contribution is 2.27. The van der Waals surface area contributed by atoms with E-state index in [2.05, 4.69) is 20.8 Å². The Morgan fingerprint density at radius 2 is 1.62 bits per heavy atom. The van der Waals surface area contributed by atoms with Gasteiger partial charge in [0.25, 0.3) is 0 Å². The molecule has 0 aliphatic heterocycles. The summed E-state index contributed by atoms with van der Waals surface area (Å²) in [6.45, 7) is 0. The third-order valence-corrected chi connectivity index (χ3v) is 6.10. The fourth-order valence-corrected chi connectivity index (χ4v) is 4.15. The molecule has 0 saturated heterocycles. The zero-order chi connectivity index (χ0) is 23.9. The summed E-state index contributed by atoms with van der Waals surface area (Å²) in [4.78, 5) is 25.7. The molecule has 4 aromatic rings. The standard InChI is InChI=1S/C25H20ClFN4O2S/c26-19-10-8-18(9-11-19)24-30-31-25(34-24)29-23(33)21(14-16-4-2-1-3-5-16)28-22(32)15-17-6-12-20(27)13-7-17/h1-13,21H,14-15H2,(H,28,32)(H,29,31,33). The fraction of sp³-hybridized carbons (Fsp3) is 0.120. The maximum absolute atomic E-state index is 13.1. The van der Waals surface area contributed by atoms with Crippen molar-refractivity contribution >= 4 is 39.9 Å². The summed E-state index contributed by atoms with van der Waals surface area (Å²) in [7, 11) is 0. The zero-order valence-electron chi connectivity index (χ0n) is 17.9. The number of nitrogens with zero attached hydrogens (tertiary/aromatic N) is 2. The van der Waals surface area contributed by atoms with Crippen molar-refractivity contribution in [3.05, 3.63) is 101 Å². The number of halogens is 2. The predicted molar refractivity (Wildman–Crippen MR) is 131 cm³/mol. The number of nitrogens with one attached hydrogen (secondary N) is 2. The highest BCUT2D eigenvalue weighted by molar-refractivity contribution is 7.18. The summed E-state index contributed by atoms with van der Waals surface area (Å²) >= 11 is 7.15. The molecule has 1 aromatic heterocycles. The summed E-state index contributed by atoms with van der Waals surface area (Å²) in [5.74, 6) is -1.13. The van der Waals surface area contributed by atoms with Crippen molar-refractivity contribution in [3.8, 4) is 10.6 Å². The molecule has 1 heterocycles. The van der Waals surface area contributed by atoms with Crippen LogP contribution in [0.2, 0.25) is 5.02 Å². The average molecular weight is 495 g/mol. The van der Waals surface area contributed by atoms with Crippen LogP contribution in [0.3, 0.4) is 0 Å². The second-order valence-electron chi connectivity index (χ2n) is 7.52. The van der Waals surface area contributed by atoms with Crippen molar-refractivity contribution in [2.45, 2.75) is 18.9 Å². The number of anilines is 1. The second-order valence-corrected chi connectivity index (χ2v) is 8.94. The number of hydrogen-bond acceptors (Lipinski definition) is 5. The molecular weight excluding hydrogens is 475 g/mol. The van der Waals surface area contributed by atoms with Gasteiger partial charge in [0.1, 0.15) is 16.9 Å². The van der Waals surface area contributed by atoms with Gasteiger partial charge in [-0.05, 0) is 35.4 Å². The van der Waals surface area contributed by atoms with Gasteiger partial charge in [0.05, 0.1) is 6.42 Å². The van der Waals surface area contributed by atoms with Crippen LogP contribution >= 0.6 is 22.9 Å². The van der Waals surface area contributed by atoms with E-state index in [1.807, 2.05) is 42.5 Å². The Morgan fingerprint density at radius 3 is 2.32 bits per heavy atom. The van der Waals surface area contributed by atoms with Gasteiger partial charge in [0.2, 0.25) is 16.9 Å². The Morgan fingerprint density at radius 1 is 0.912 bits per heavy atom. The second kappa shape index (κ2) is 11.0. The van der Waals surface area contributed by atoms with E-state index >= 15 is 0 Å². The summed E-state index contributed by atoms with van der Waals surface area (Å²) < 4.78 is 13.1. The topological polar surface area (TPSA) is 84.0 Å². The molecular formula is C25H20ClFN4O2S. The van der Waals surface area contributed by atoms with Gasteiger partial charge in [0, 0.05) is 17.0 Å². The first kappa shape index (κ1) is 23.5. The molecule has 2 N–H and O–H groups in total. The Hall–Kier alpha value is -3.62. The van der Waals surface area contributed by atoms with Gasteiger partial charge in [-0.1, -0.05) is 77.5 Å². The quantitative estimate of drug-likeness (QED) is 0.364. The SMILES string of the molecule is O=C(Cc1ccc(F)cc1)NC(Cc1ccccc1)C(=O)Nc1nnc(-c2ccc(Cl)cc2)s1. The zero-order valence-corrected chi connectivity index (χ0v) is 19.4. The van der Waals surface area contributed by atoms with Gasteiger partial charge in [-0.3, -0.25) is 14.9 Å². The summed E-state index contributed by atoms with van der Waals surface area (Å²) in [6.07, 6.45) is 0.322. The molecule has 9 heteroatoms. The molecule has 4 rings (SSSR count). The first-order valence-corrected chi connectivity index (χ1v) is 11.6. The molecule has 1 atom stereocenters. The lowest BCUT2D eigenvalue weighted by molar-refractivity contribution is -0.126. The van der Waals surface area contributed by atoms with Crippen molar-refractivity contribution < 1.29 is 14.0 Å². The van der Waals surface area contributed by atoms with Crippen molar-refractivity contribution in [2.24, 2.45) is 0 Å². The Kier molecular flexibility index (Phi) is 7.61. The highest BCUT2D eigenvalue weighted by Gasteiger charge is 2.23. The molecule has 0 bridgehead atoms. The first-order valence-electron chi connectivity index (χ1n) is 10.4. The van der Waals surface area contributed by atoms with E-state index in [4.69, 9.17) is 11.6 Å². The van der Waals surface area contributed by atoms with E-state index in [9.17, 15) is 14.0 Å². The number of carbonyl (C=O) groups is 2. The number of rotatable bonds is 8. The lowest BCUT2D eigenvalue weighted by Gasteiger charge is -2.18. The first-order chi connectivity index (χ1) is 16.5. The molecule has 172 valence electrons. The Balaban J connectivity index is 1.46. The molecule has 2 amide bonds. The van der Waals surface area contributed by atoms with Crippen LogP contribution in [0.15, 0.2) is 78.9 Å². The lowest BCUT2D eigenvalue weighted by atomic mass is 10.0. The minimum atomic E-state index is -0.835. The van der Waals surface area contributed by atoms with Crippen molar-refractivity contribution in [2.75, 3.05) is 5.32 Å². The average Bonchev–Trinajstić information content (AvgIpc) is 3.29. The van der Waals surface area contributed by atoms with Crippen LogP contribution in [0.5, 0.6) is 0 Å². The fourth-order valence-electron chi connectivity index (χ4n) is 3.27. The predicted octanol–water partition coefficient (Wildman–Crippen LogP) is 4.91. The summed E-state index contributed by atoms with van der Waals surface area (Å²) in [5.41, 5.74) is 2.37. The molecule has 0 aliphatic rings. The van der Waals surface area contributed by atoms with E-state index in [1.165, 1.54) is 23.5 Å². The van der Waals surface area contributed by atoms with Crippen molar-refractivity contribution in [1.29, 1.82) is 0 Å². The molecule has 0 radical (unpaired) electrons. The van der Waals surface area contributed by atoms with Gasteiger partial charge >= 0.3 is 0 Å². The van der Waals surface area contributed by atoms with Crippen LogP contribution < -0.4 is 10.6 Å². The molecule has 1 unspecified atom stereocenters. The molecule has 0 aliphatic carbocycles. The number of aromatic nitrogens is 2. The summed E-state index contributed by atoms with van der Waals surface area (Å²) in [5, 5.41) is 15.3. The molecule has 3 aromatic carbocycles. The Labute approximate surface area is 204 Å². The van der Waals surface area contributed by atoms with Gasteiger partial charge in [0.15, 0.2) is 0 Å². The Bertz CT molecular complexity index is 1260. The van der Waals surface area contributed by atoms with E-state index in [0.29, 0.717) is 27.1 Å². The minimum Gasteiger partial charge on any atom is -0.344 e. The summed E-state index contributed by atoms with van der Waals surface area (Å²) in [6, 6.07) is 21.4. The van der Waals surface area contributed by atoms with E-state index in [0.717, 1.165) is 11.1 Å². The molecule has 0 spiro atoms. The van der Waals surface area contributed by atoms with Crippen LogP contribution in [0.25, 0.3) is 10.6 Å². The largest absolute Gasteiger partial charge is 0.344 e. The van der Waals surface area contributed by atoms with Crippen molar-refractivity contribution in [3.63, 3.8) is 0 Å². The van der Waals surface area contributed by atoms with Crippen LogP contribution in [-0.2, 0) is 22.4 Å².